The summed E-state index contributed by atoms with van der Waals surface area (Å²) < 4.78 is 5.51. The molecular weight excluding hydrogens is 326 g/mol. The predicted molar refractivity (Wildman–Crippen MR) is 98.7 cm³/mol. The first kappa shape index (κ1) is 16.5. The Morgan fingerprint density at radius 2 is 1.92 bits per heavy atom. The van der Waals surface area contributed by atoms with E-state index < -0.39 is 0 Å². The molecule has 3 aromatic rings. The van der Waals surface area contributed by atoms with E-state index in [1.165, 1.54) is 5.56 Å². The second-order valence-electron chi connectivity index (χ2n) is 6.78. The molecule has 1 fully saturated rings. The van der Waals surface area contributed by atoms with E-state index in [1.54, 1.807) is 0 Å². The first-order valence-electron chi connectivity index (χ1n) is 8.91. The van der Waals surface area contributed by atoms with Gasteiger partial charge in [0.05, 0.1) is 0 Å². The predicted octanol–water partition coefficient (Wildman–Crippen LogP) is 4.33. The molecule has 1 saturated heterocycles. The smallest absolute Gasteiger partial charge is 0.254 e. The van der Waals surface area contributed by atoms with Crippen molar-refractivity contribution in [3.05, 3.63) is 71.1 Å². The van der Waals surface area contributed by atoms with Crippen molar-refractivity contribution < 1.29 is 9.32 Å². The van der Waals surface area contributed by atoms with E-state index >= 15 is 0 Å². The number of amides is 1. The topological polar surface area (TPSA) is 59.2 Å². The van der Waals surface area contributed by atoms with Crippen LogP contribution < -0.4 is 0 Å². The van der Waals surface area contributed by atoms with Gasteiger partial charge in [0, 0.05) is 17.7 Å². The molecule has 0 bridgehead atoms. The van der Waals surface area contributed by atoms with E-state index in [-0.39, 0.29) is 11.9 Å². The molecule has 4 rings (SSSR count). The lowest BCUT2D eigenvalue weighted by Crippen LogP contribution is -2.30. The van der Waals surface area contributed by atoms with Crippen LogP contribution in [0.1, 0.15) is 46.3 Å². The van der Waals surface area contributed by atoms with Gasteiger partial charge < -0.3 is 9.42 Å². The van der Waals surface area contributed by atoms with Gasteiger partial charge in [-0.05, 0) is 49.9 Å². The van der Waals surface area contributed by atoms with Crippen molar-refractivity contribution in [2.75, 3.05) is 6.54 Å². The largest absolute Gasteiger partial charge is 0.337 e. The maximum absolute atomic E-state index is 13.0. The molecule has 1 aliphatic rings. The summed E-state index contributed by atoms with van der Waals surface area (Å²) in [4.78, 5) is 19.4. The van der Waals surface area contributed by atoms with E-state index in [0.29, 0.717) is 23.8 Å². The van der Waals surface area contributed by atoms with Crippen LogP contribution in [0, 0.1) is 13.8 Å². The van der Waals surface area contributed by atoms with Crippen LogP contribution in [0.25, 0.3) is 11.4 Å². The second kappa shape index (κ2) is 6.75. The normalized spacial score (nSPS) is 16.8. The van der Waals surface area contributed by atoms with Crippen molar-refractivity contribution in [3.63, 3.8) is 0 Å². The molecule has 5 nitrogen and oxygen atoms in total. The quantitative estimate of drug-likeness (QED) is 0.707. The summed E-state index contributed by atoms with van der Waals surface area (Å²) in [7, 11) is 0. The lowest BCUT2D eigenvalue weighted by atomic mass is 10.1. The lowest BCUT2D eigenvalue weighted by Gasteiger charge is -2.22. The molecule has 2 aromatic carbocycles. The van der Waals surface area contributed by atoms with Crippen LogP contribution >= 0.6 is 0 Å². The van der Waals surface area contributed by atoms with Gasteiger partial charge in [-0.1, -0.05) is 41.6 Å². The first-order valence-corrected chi connectivity index (χ1v) is 8.91. The highest BCUT2D eigenvalue weighted by Gasteiger charge is 2.34. The Bertz CT molecular complexity index is 933. The standard InChI is InChI=1S/C21H21N3O2/c1-14-10-11-17(13-15(14)2)21(25)24-12-6-9-18(24)20-22-19(23-26-20)16-7-4-3-5-8-16/h3-5,7-8,10-11,13,18H,6,9,12H2,1-2H3/t18-/m1/s1. The fourth-order valence-electron chi connectivity index (χ4n) is 3.38. The van der Waals surface area contributed by atoms with Crippen molar-refractivity contribution in [2.45, 2.75) is 32.7 Å². The Hall–Kier alpha value is -2.95. The minimum absolute atomic E-state index is 0.0232. The summed E-state index contributed by atoms with van der Waals surface area (Å²) >= 11 is 0. The average Bonchev–Trinajstić information content (AvgIpc) is 3.33. The van der Waals surface area contributed by atoms with E-state index in [0.717, 1.165) is 24.0 Å². The summed E-state index contributed by atoms with van der Waals surface area (Å²) in [5.74, 6) is 1.10. The van der Waals surface area contributed by atoms with Crippen LogP contribution in [-0.4, -0.2) is 27.5 Å². The van der Waals surface area contributed by atoms with E-state index in [9.17, 15) is 4.79 Å². The van der Waals surface area contributed by atoms with Crippen molar-refractivity contribution in [1.82, 2.24) is 15.0 Å². The van der Waals surface area contributed by atoms with Crippen LogP contribution in [0.4, 0.5) is 0 Å². The molecule has 0 radical (unpaired) electrons. The molecule has 0 N–H and O–H groups in total. The summed E-state index contributed by atoms with van der Waals surface area (Å²) in [6.45, 7) is 4.78. The third-order valence-electron chi connectivity index (χ3n) is 5.03. The maximum Gasteiger partial charge on any atom is 0.254 e. The molecule has 2 heterocycles. The maximum atomic E-state index is 13.0. The minimum Gasteiger partial charge on any atom is -0.337 e. The zero-order chi connectivity index (χ0) is 18.1. The molecule has 0 saturated carbocycles. The molecule has 26 heavy (non-hydrogen) atoms. The Morgan fingerprint density at radius 1 is 1.12 bits per heavy atom. The van der Waals surface area contributed by atoms with Gasteiger partial charge in [-0.2, -0.15) is 4.98 Å². The number of benzene rings is 2. The van der Waals surface area contributed by atoms with Crippen LogP contribution in [-0.2, 0) is 0 Å². The van der Waals surface area contributed by atoms with Gasteiger partial charge in [-0.15, -0.1) is 0 Å². The third kappa shape index (κ3) is 3.01. The van der Waals surface area contributed by atoms with Crippen LogP contribution in [0.5, 0.6) is 0 Å². The van der Waals surface area contributed by atoms with Crippen LogP contribution in [0.2, 0.25) is 0 Å². The first-order chi connectivity index (χ1) is 12.6. The molecule has 0 spiro atoms. The Morgan fingerprint density at radius 3 is 2.69 bits per heavy atom. The number of hydrogen-bond acceptors (Lipinski definition) is 4. The second-order valence-corrected chi connectivity index (χ2v) is 6.78. The monoisotopic (exact) mass is 347 g/mol. The molecular formula is C21H21N3O2. The number of carbonyl (C=O) groups is 1. The van der Waals surface area contributed by atoms with Gasteiger partial charge >= 0.3 is 0 Å². The van der Waals surface area contributed by atoms with E-state index in [2.05, 4.69) is 10.1 Å². The summed E-state index contributed by atoms with van der Waals surface area (Å²) in [5, 5.41) is 4.10. The number of likely N-dealkylation sites (tertiary alicyclic amines) is 1. The van der Waals surface area contributed by atoms with E-state index in [4.69, 9.17) is 4.52 Å². The lowest BCUT2D eigenvalue weighted by molar-refractivity contribution is 0.0710. The molecule has 1 aromatic heterocycles. The van der Waals surface area contributed by atoms with Gasteiger partial charge in [0.15, 0.2) is 0 Å². The third-order valence-corrected chi connectivity index (χ3v) is 5.03. The zero-order valence-electron chi connectivity index (χ0n) is 15.0. The van der Waals surface area contributed by atoms with Gasteiger partial charge in [-0.3, -0.25) is 4.79 Å². The van der Waals surface area contributed by atoms with Gasteiger partial charge in [0.1, 0.15) is 6.04 Å². The highest BCUT2D eigenvalue weighted by molar-refractivity contribution is 5.95. The number of rotatable bonds is 3. The van der Waals surface area contributed by atoms with Crippen molar-refractivity contribution in [2.24, 2.45) is 0 Å². The van der Waals surface area contributed by atoms with Gasteiger partial charge in [0.25, 0.3) is 5.91 Å². The fraction of sp³-hybridized carbons (Fsp3) is 0.286. The van der Waals surface area contributed by atoms with Crippen molar-refractivity contribution >= 4 is 5.91 Å². The molecule has 1 aliphatic heterocycles. The number of nitrogens with zero attached hydrogens (tertiary/aromatic N) is 3. The molecule has 1 atom stereocenters. The number of aryl methyl sites for hydroxylation is 2. The van der Waals surface area contributed by atoms with Crippen molar-refractivity contribution in [1.29, 1.82) is 0 Å². The number of hydrogen-bond donors (Lipinski definition) is 0. The van der Waals surface area contributed by atoms with Crippen LogP contribution in [0.15, 0.2) is 53.1 Å². The van der Waals surface area contributed by atoms with E-state index in [1.807, 2.05) is 67.3 Å². The molecule has 1 amide bonds. The number of carbonyl (C=O) groups excluding carboxylic acids is 1. The zero-order valence-corrected chi connectivity index (χ0v) is 15.0. The average molecular weight is 347 g/mol. The van der Waals surface area contributed by atoms with Gasteiger partial charge in [0.2, 0.25) is 11.7 Å². The Kier molecular flexibility index (Phi) is 4.29. The number of aromatic nitrogens is 2. The fourth-order valence-corrected chi connectivity index (χ4v) is 3.38. The highest BCUT2D eigenvalue weighted by Crippen LogP contribution is 2.33. The molecule has 132 valence electrons. The molecule has 5 heteroatoms. The summed E-state index contributed by atoms with van der Waals surface area (Å²) in [6, 6.07) is 15.4. The minimum atomic E-state index is -0.158. The Labute approximate surface area is 152 Å². The summed E-state index contributed by atoms with van der Waals surface area (Å²) in [6.07, 6.45) is 1.78. The Balaban J connectivity index is 1.60. The molecule has 0 aliphatic carbocycles. The highest BCUT2D eigenvalue weighted by atomic mass is 16.5. The SMILES string of the molecule is Cc1ccc(C(=O)N2CCC[C@@H]2c2nc(-c3ccccc3)no2)cc1C. The van der Waals surface area contributed by atoms with Gasteiger partial charge in [-0.25, -0.2) is 0 Å². The van der Waals surface area contributed by atoms with Crippen LogP contribution in [0.3, 0.4) is 0 Å². The summed E-state index contributed by atoms with van der Waals surface area (Å²) in [5.41, 5.74) is 3.93. The molecule has 0 unspecified atom stereocenters. The van der Waals surface area contributed by atoms with Crippen molar-refractivity contribution in [3.8, 4) is 11.4 Å².